The van der Waals surface area contributed by atoms with Crippen LogP contribution in [0.2, 0.25) is 0 Å². The van der Waals surface area contributed by atoms with E-state index in [1.54, 1.807) is 0 Å². The molecule has 0 aliphatic heterocycles. The number of hydrogen-bond acceptors (Lipinski definition) is 6. The van der Waals surface area contributed by atoms with E-state index >= 15 is 0 Å². The van der Waals surface area contributed by atoms with Gasteiger partial charge in [0.2, 0.25) is 0 Å². The minimum atomic E-state index is -0.790. The topological polar surface area (TPSA) is 78.9 Å². The summed E-state index contributed by atoms with van der Waals surface area (Å²) in [5.74, 6) is -0.944. The van der Waals surface area contributed by atoms with Gasteiger partial charge >= 0.3 is 17.9 Å². The summed E-state index contributed by atoms with van der Waals surface area (Å²) >= 11 is 0. The van der Waals surface area contributed by atoms with Crippen molar-refractivity contribution in [3.8, 4) is 0 Å². The van der Waals surface area contributed by atoms with Crippen molar-refractivity contribution in [3.05, 3.63) is 36.5 Å². The van der Waals surface area contributed by atoms with Gasteiger partial charge in [0, 0.05) is 19.3 Å². The fourth-order valence-corrected chi connectivity index (χ4v) is 6.11. The first-order valence-electron chi connectivity index (χ1n) is 22.0. The summed E-state index contributed by atoms with van der Waals surface area (Å²) in [7, 11) is 0. The molecule has 52 heavy (non-hydrogen) atoms. The lowest BCUT2D eigenvalue weighted by atomic mass is 10.0. The molecule has 302 valence electrons. The average molecular weight is 731 g/mol. The first-order valence-corrected chi connectivity index (χ1v) is 22.0. The lowest BCUT2D eigenvalue weighted by molar-refractivity contribution is -0.167. The van der Waals surface area contributed by atoms with Crippen LogP contribution in [-0.4, -0.2) is 37.2 Å². The molecule has 0 aliphatic carbocycles. The molecule has 0 aromatic carbocycles. The second-order valence-corrected chi connectivity index (χ2v) is 14.6. The Morgan fingerprint density at radius 1 is 0.404 bits per heavy atom. The summed E-state index contributed by atoms with van der Waals surface area (Å²) in [5.41, 5.74) is 0. The highest BCUT2D eigenvalue weighted by atomic mass is 16.6. The first-order chi connectivity index (χ1) is 25.5. The van der Waals surface area contributed by atoms with E-state index in [1.807, 2.05) is 0 Å². The van der Waals surface area contributed by atoms with Crippen LogP contribution in [0.5, 0.6) is 0 Å². The van der Waals surface area contributed by atoms with Gasteiger partial charge in [-0.3, -0.25) is 14.4 Å². The second-order valence-electron chi connectivity index (χ2n) is 14.6. The molecule has 1 unspecified atom stereocenters. The third-order valence-electron chi connectivity index (χ3n) is 9.41. The summed E-state index contributed by atoms with van der Waals surface area (Å²) in [5, 5.41) is 0. The van der Waals surface area contributed by atoms with E-state index in [1.165, 1.54) is 109 Å². The number of ether oxygens (including phenoxy) is 3. The maximum Gasteiger partial charge on any atom is 0.306 e. The zero-order valence-electron chi connectivity index (χ0n) is 34.3. The summed E-state index contributed by atoms with van der Waals surface area (Å²) in [6, 6.07) is 0. The highest BCUT2D eigenvalue weighted by Gasteiger charge is 2.19. The van der Waals surface area contributed by atoms with Crippen molar-refractivity contribution in [3.63, 3.8) is 0 Å². The molecule has 0 saturated heterocycles. The number of carbonyl (C=O) groups excluding carboxylic acids is 3. The highest BCUT2D eigenvalue weighted by Crippen LogP contribution is 2.14. The summed E-state index contributed by atoms with van der Waals surface area (Å²) in [6.07, 6.45) is 45.6. The predicted molar refractivity (Wildman–Crippen MR) is 219 cm³/mol. The number of unbranched alkanes of at least 4 members (excludes halogenated alkanes) is 22. The lowest BCUT2D eigenvalue weighted by Gasteiger charge is -2.18. The first kappa shape index (κ1) is 49.6. The van der Waals surface area contributed by atoms with Crippen molar-refractivity contribution < 1.29 is 28.6 Å². The van der Waals surface area contributed by atoms with Crippen molar-refractivity contribution in [1.82, 2.24) is 0 Å². The second kappa shape index (κ2) is 41.4. The quantitative estimate of drug-likeness (QED) is 0.0271. The van der Waals surface area contributed by atoms with E-state index in [0.29, 0.717) is 19.3 Å². The largest absolute Gasteiger partial charge is 0.462 e. The standard InChI is InChI=1S/C46H82O6/c1-4-7-10-13-16-19-22-23-25-27-30-33-36-39-45(48)51-42-43(41-50-44(47)38-35-32-29-26-21-18-15-12-9-6-3)52-46(49)40-37-34-31-28-24-20-17-14-11-8-5-2/h8,11,17,20,28,31,43H,4-7,9-10,12-16,18-19,21-27,29-30,32-42H2,1-3H3/b11-8-,20-17-,31-28-. The lowest BCUT2D eigenvalue weighted by Crippen LogP contribution is -2.30. The number of esters is 3. The molecule has 0 aliphatic rings. The Labute approximate surface area is 321 Å². The molecule has 0 amide bonds. The Hall–Kier alpha value is -2.37. The summed E-state index contributed by atoms with van der Waals surface area (Å²) < 4.78 is 16.6. The van der Waals surface area contributed by atoms with Crippen LogP contribution in [0.4, 0.5) is 0 Å². The molecule has 0 radical (unpaired) electrons. The third kappa shape index (κ3) is 38.9. The van der Waals surface area contributed by atoms with Gasteiger partial charge in [-0.05, 0) is 44.9 Å². The minimum Gasteiger partial charge on any atom is -0.462 e. The van der Waals surface area contributed by atoms with E-state index in [2.05, 4.69) is 57.2 Å². The zero-order chi connectivity index (χ0) is 38.0. The maximum absolute atomic E-state index is 12.6. The Kier molecular flexibility index (Phi) is 39.5. The summed E-state index contributed by atoms with van der Waals surface area (Å²) in [4.78, 5) is 37.6. The fraction of sp³-hybridized carbons (Fsp3) is 0.804. The maximum atomic E-state index is 12.6. The third-order valence-corrected chi connectivity index (χ3v) is 9.41. The Morgan fingerprint density at radius 3 is 1.15 bits per heavy atom. The van der Waals surface area contributed by atoms with Crippen molar-refractivity contribution in [2.45, 2.75) is 226 Å². The van der Waals surface area contributed by atoms with E-state index in [4.69, 9.17) is 14.2 Å². The monoisotopic (exact) mass is 731 g/mol. The van der Waals surface area contributed by atoms with Crippen LogP contribution in [0.25, 0.3) is 0 Å². The number of allylic oxidation sites excluding steroid dienone is 6. The molecule has 0 saturated carbocycles. The van der Waals surface area contributed by atoms with Crippen molar-refractivity contribution in [2.75, 3.05) is 13.2 Å². The Morgan fingerprint density at radius 2 is 0.750 bits per heavy atom. The zero-order valence-corrected chi connectivity index (χ0v) is 34.3. The van der Waals surface area contributed by atoms with Gasteiger partial charge in [0.25, 0.3) is 0 Å². The Balaban J connectivity index is 4.41. The number of hydrogen-bond donors (Lipinski definition) is 0. The normalized spacial score (nSPS) is 12.3. The van der Waals surface area contributed by atoms with Crippen LogP contribution in [-0.2, 0) is 28.6 Å². The number of carbonyl (C=O) groups is 3. The fourth-order valence-electron chi connectivity index (χ4n) is 6.11. The molecule has 6 heteroatoms. The molecule has 6 nitrogen and oxygen atoms in total. The molecule has 0 aromatic rings. The van der Waals surface area contributed by atoms with Crippen LogP contribution in [0.15, 0.2) is 36.5 Å². The predicted octanol–water partition coefficient (Wildman–Crippen LogP) is 13.8. The van der Waals surface area contributed by atoms with Crippen LogP contribution in [0.1, 0.15) is 220 Å². The smallest absolute Gasteiger partial charge is 0.306 e. The van der Waals surface area contributed by atoms with Gasteiger partial charge < -0.3 is 14.2 Å². The van der Waals surface area contributed by atoms with Crippen LogP contribution in [0, 0.1) is 0 Å². The van der Waals surface area contributed by atoms with Gasteiger partial charge in [0.05, 0.1) is 0 Å². The van der Waals surface area contributed by atoms with Gasteiger partial charge in [-0.25, -0.2) is 0 Å². The molecule has 1 atom stereocenters. The molecule has 0 bridgehead atoms. The van der Waals surface area contributed by atoms with Crippen molar-refractivity contribution in [2.24, 2.45) is 0 Å². The molecule has 0 heterocycles. The molecule has 0 spiro atoms. The van der Waals surface area contributed by atoms with Crippen LogP contribution < -0.4 is 0 Å². The minimum absolute atomic E-state index is 0.0891. The molecular formula is C46H82O6. The van der Waals surface area contributed by atoms with Crippen LogP contribution in [0.3, 0.4) is 0 Å². The average Bonchev–Trinajstić information content (AvgIpc) is 3.14. The number of rotatable bonds is 39. The Bertz CT molecular complexity index is 891. The van der Waals surface area contributed by atoms with E-state index in [9.17, 15) is 14.4 Å². The van der Waals surface area contributed by atoms with Crippen molar-refractivity contribution in [1.29, 1.82) is 0 Å². The van der Waals surface area contributed by atoms with Gasteiger partial charge in [-0.15, -0.1) is 0 Å². The highest BCUT2D eigenvalue weighted by molar-refractivity contribution is 5.71. The van der Waals surface area contributed by atoms with Gasteiger partial charge in [-0.2, -0.15) is 0 Å². The molecule has 0 aromatic heterocycles. The van der Waals surface area contributed by atoms with E-state index in [0.717, 1.165) is 64.2 Å². The van der Waals surface area contributed by atoms with Crippen LogP contribution >= 0.6 is 0 Å². The van der Waals surface area contributed by atoms with Gasteiger partial charge in [0.15, 0.2) is 6.10 Å². The molecule has 0 rings (SSSR count). The van der Waals surface area contributed by atoms with E-state index in [-0.39, 0.29) is 37.5 Å². The van der Waals surface area contributed by atoms with Gasteiger partial charge in [0.1, 0.15) is 13.2 Å². The SMILES string of the molecule is CC/C=C\C/C=C\C/C=C\CCCC(=O)OC(COC(=O)CCCCCCCCCCCC)COC(=O)CCCCCCCCCCCCCCC. The van der Waals surface area contributed by atoms with Crippen molar-refractivity contribution >= 4 is 17.9 Å². The molecule has 0 fully saturated rings. The molecular weight excluding hydrogens is 648 g/mol. The van der Waals surface area contributed by atoms with E-state index < -0.39 is 6.10 Å². The summed E-state index contributed by atoms with van der Waals surface area (Å²) in [6.45, 7) is 6.45. The van der Waals surface area contributed by atoms with Gasteiger partial charge in [-0.1, -0.05) is 192 Å². The molecule has 0 N–H and O–H groups in total.